The fraction of sp³-hybridized carbons (Fsp3) is 0.348. The third-order valence-electron chi connectivity index (χ3n) is 5.48. The topological polar surface area (TPSA) is 137 Å². The molecule has 0 saturated carbocycles. The van der Waals surface area contributed by atoms with E-state index >= 15 is 0 Å². The molecule has 4 rings (SSSR count). The minimum absolute atomic E-state index is 0.0555. The number of fused-ring (bicyclic) bond motifs is 1. The van der Waals surface area contributed by atoms with Gasteiger partial charge < -0.3 is 25.7 Å². The number of nitrogens with two attached hydrogens (primary N) is 2. The zero-order valence-corrected chi connectivity index (χ0v) is 17.6. The van der Waals surface area contributed by atoms with Gasteiger partial charge in [0.05, 0.1) is 18.3 Å². The van der Waals surface area contributed by atoms with Crippen molar-refractivity contribution in [2.24, 2.45) is 11.5 Å². The van der Waals surface area contributed by atoms with Crippen LogP contribution < -0.4 is 16.2 Å². The van der Waals surface area contributed by atoms with Gasteiger partial charge in [0.25, 0.3) is 5.91 Å². The summed E-state index contributed by atoms with van der Waals surface area (Å²) >= 11 is 0. The predicted molar refractivity (Wildman–Crippen MR) is 115 cm³/mol. The zero-order chi connectivity index (χ0) is 22.2. The van der Waals surface area contributed by atoms with Crippen LogP contribution in [0.4, 0.5) is 0 Å². The second kappa shape index (κ2) is 8.13. The number of rotatable bonds is 6. The van der Waals surface area contributed by atoms with Crippen molar-refractivity contribution in [3.05, 3.63) is 53.1 Å². The lowest BCUT2D eigenvalue weighted by Crippen LogP contribution is -2.48. The summed E-state index contributed by atoms with van der Waals surface area (Å²) < 4.78 is 11.5. The van der Waals surface area contributed by atoms with Gasteiger partial charge in [-0.3, -0.25) is 4.79 Å². The molecule has 8 heteroatoms. The SMILES string of the molecule is CC(C)Oc1ccc(-c2nnc(-c3ccc4c(c3)CC(N)(CO)CC4)o2)cc1C(N)=O. The average Bonchev–Trinajstić information content (AvgIpc) is 3.23. The van der Waals surface area contributed by atoms with Gasteiger partial charge in [0.2, 0.25) is 11.8 Å². The average molecular weight is 422 g/mol. The Morgan fingerprint density at radius 3 is 2.48 bits per heavy atom. The Morgan fingerprint density at radius 2 is 1.84 bits per heavy atom. The van der Waals surface area contributed by atoms with Gasteiger partial charge in [-0.15, -0.1) is 10.2 Å². The van der Waals surface area contributed by atoms with Gasteiger partial charge in [0.15, 0.2) is 0 Å². The Morgan fingerprint density at radius 1 is 1.16 bits per heavy atom. The summed E-state index contributed by atoms with van der Waals surface area (Å²) in [4.78, 5) is 11.9. The second-order valence-corrected chi connectivity index (χ2v) is 8.33. The highest BCUT2D eigenvalue weighted by molar-refractivity contribution is 5.96. The molecule has 0 bridgehead atoms. The van der Waals surface area contributed by atoms with E-state index < -0.39 is 11.4 Å². The number of hydrogen-bond acceptors (Lipinski definition) is 7. The van der Waals surface area contributed by atoms with E-state index in [-0.39, 0.29) is 24.2 Å². The summed E-state index contributed by atoms with van der Waals surface area (Å²) in [6.07, 6.45) is 2.07. The molecular formula is C23H26N4O4. The van der Waals surface area contributed by atoms with E-state index in [4.69, 9.17) is 20.6 Å². The summed E-state index contributed by atoms with van der Waals surface area (Å²) in [5, 5.41) is 17.9. The van der Waals surface area contributed by atoms with E-state index in [0.717, 1.165) is 24.0 Å². The fourth-order valence-corrected chi connectivity index (χ4v) is 3.82. The van der Waals surface area contributed by atoms with Gasteiger partial charge in [-0.05, 0) is 74.6 Å². The Kier molecular flexibility index (Phi) is 5.51. The van der Waals surface area contributed by atoms with E-state index in [9.17, 15) is 9.90 Å². The highest BCUT2D eigenvalue weighted by Gasteiger charge is 2.30. The molecule has 1 amide bonds. The molecule has 0 saturated heterocycles. The predicted octanol–water partition coefficient (Wildman–Crippen LogP) is 2.47. The third kappa shape index (κ3) is 4.30. The first kappa shape index (κ1) is 21.0. The van der Waals surface area contributed by atoms with Crippen LogP contribution in [0, 0.1) is 0 Å². The van der Waals surface area contributed by atoms with Crippen molar-refractivity contribution in [2.45, 2.75) is 44.8 Å². The molecule has 0 fully saturated rings. The molecule has 3 aromatic rings. The lowest BCUT2D eigenvalue weighted by Gasteiger charge is -2.33. The molecule has 31 heavy (non-hydrogen) atoms. The number of carbonyl (C=O) groups excluding carboxylic acids is 1. The molecular weight excluding hydrogens is 396 g/mol. The van der Waals surface area contributed by atoms with Crippen molar-refractivity contribution in [3.8, 4) is 28.7 Å². The number of aliphatic hydroxyl groups excluding tert-OH is 1. The lowest BCUT2D eigenvalue weighted by atomic mass is 9.78. The zero-order valence-electron chi connectivity index (χ0n) is 17.6. The molecule has 8 nitrogen and oxygen atoms in total. The number of carbonyl (C=O) groups is 1. The molecule has 1 heterocycles. The molecule has 1 aliphatic carbocycles. The van der Waals surface area contributed by atoms with Crippen LogP contribution in [-0.4, -0.2) is 39.5 Å². The monoisotopic (exact) mass is 422 g/mol. The number of aryl methyl sites for hydroxylation is 1. The first-order chi connectivity index (χ1) is 14.8. The molecule has 162 valence electrons. The van der Waals surface area contributed by atoms with Crippen LogP contribution in [0.5, 0.6) is 5.75 Å². The van der Waals surface area contributed by atoms with E-state index in [2.05, 4.69) is 10.2 Å². The van der Waals surface area contributed by atoms with Crippen molar-refractivity contribution < 1.29 is 19.1 Å². The maximum Gasteiger partial charge on any atom is 0.252 e. The minimum Gasteiger partial charge on any atom is -0.490 e. The second-order valence-electron chi connectivity index (χ2n) is 8.33. The quantitative estimate of drug-likeness (QED) is 0.555. The number of nitrogens with zero attached hydrogens (tertiary/aromatic N) is 2. The van der Waals surface area contributed by atoms with Gasteiger partial charge in [0.1, 0.15) is 5.75 Å². The molecule has 0 aliphatic heterocycles. The molecule has 1 aliphatic rings. The van der Waals surface area contributed by atoms with E-state index in [0.29, 0.717) is 23.6 Å². The molecule has 0 spiro atoms. The maximum absolute atomic E-state index is 11.9. The fourth-order valence-electron chi connectivity index (χ4n) is 3.82. The Labute approximate surface area is 180 Å². The summed E-state index contributed by atoms with van der Waals surface area (Å²) in [6.45, 7) is 3.69. The lowest BCUT2D eigenvalue weighted by molar-refractivity contribution is 0.0994. The van der Waals surface area contributed by atoms with Crippen LogP contribution in [0.25, 0.3) is 22.9 Å². The van der Waals surface area contributed by atoms with Crippen molar-refractivity contribution in [2.75, 3.05) is 6.61 Å². The Balaban J connectivity index is 1.64. The Hall–Kier alpha value is -3.23. The van der Waals surface area contributed by atoms with E-state index in [1.807, 2.05) is 32.0 Å². The van der Waals surface area contributed by atoms with Gasteiger partial charge in [-0.1, -0.05) is 6.07 Å². The standard InChI is InChI=1S/C23H26N4O4/c1-13(2)30-19-6-5-16(10-18(19)20(24)29)22-27-26-21(31-22)15-4-3-14-7-8-23(25,12-28)11-17(14)9-15/h3-6,9-10,13,28H,7-8,11-12,25H2,1-2H3,(H2,24,29). The van der Waals surface area contributed by atoms with E-state index in [1.54, 1.807) is 18.2 Å². The molecule has 2 aromatic carbocycles. The first-order valence-electron chi connectivity index (χ1n) is 10.2. The number of aromatic nitrogens is 2. The largest absolute Gasteiger partial charge is 0.490 e. The van der Waals surface area contributed by atoms with Crippen LogP contribution in [0.15, 0.2) is 40.8 Å². The summed E-state index contributed by atoms with van der Waals surface area (Å²) in [5.74, 6) is 0.448. The molecule has 1 unspecified atom stereocenters. The van der Waals surface area contributed by atoms with Gasteiger partial charge in [0, 0.05) is 16.7 Å². The number of primary amides is 1. The smallest absolute Gasteiger partial charge is 0.252 e. The minimum atomic E-state index is -0.601. The van der Waals surface area contributed by atoms with Crippen LogP contribution in [0.1, 0.15) is 41.8 Å². The van der Waals surface area contributed by atoms with E-state index in [1.165, 1.54) is 5.56 Å². The molecule has 1 atom stereocenters. The van der Waals surface area contributed by atoms with Gasteiger partial charge >= 0.3 is 0 Å². The number of benzene rings is 2. The first-order valence-corrected chi connectivity index (χ1v) is 10.2. The van der Waals surface area contributed by atoms with Crippen LogP contribution in [-0.2, 0) is 12.8 Å². The maximum atomic E-state index is 11.9. The normalized spacial score (nSPS) is 18.1. The van der Waals surface area contributed by atoms with Gasteiger partial charge in [-0.2, -0.15) is 0 Å². The highest BCUT2D eigenvalue weighted by Crippen LogP contribution is 2.32. The van der Waals surface area contributed by atoms with Crippen molar-refractivity contribution >= 4 is 5.91 Å². The Bertz CT molecular complexity index is 1120. The highest BCUT2D eigenvalue weighted by atomic mass is 16.5. The molecule has 1 aromatic heterocycles. The van der Waals surface area contributed by atoms with Crippen LogP contribution >= 0.6 is 0 Å². The van der Waals surface area contributed by atoms with Crippen LogP contribution in [0.3, 0.4) is 0 Å². The summed E-state index contributed by atoms with van der Waals surface area (Å²) in [7, 11) is 0. The third-order valence-corrected chi connectivity index (χ3v) is 5.48. The summed E-state index contributed by atoms with van der Waals surface area (Å²) in [5.41, 5.74) is 15.1. The van der Waals surface area contributed by atoms with Crippen molar-refractivity contribution in [1.82, 2.24) is 10.2 Å². The molecule has 0 radical (unpaired) electrons. The number of ether oxygens (including phenoxy) is 1. The van der Waals surface area contributed by atoms with Crippen molar-refractivity contribution in [3.63, 3.8) is 0 Å². The number of amides is 1. The molecule has 5 N–H and O–H groups in total. The number of hydrogen-bond donors (Lipinski definition) is 3. The van der Waals surface area contributed by atoms with Crippen LogP contribution in [0.2, 0.25) is 0 Å². The van der Waals surface area contributed by atoms with Gasteiger partial charge in [-0.25, -0.2) is 0 Å². The number of aliphatic hydroxyl groups is 1. The summed E-state index contributed by atoms with van der Waals surface area (Å²) in [6, 6.07) is 11.0. The van der Waals surface area contributed by atoms with Crippen molar-refractivity contribution in [1.29, 1.82) is 0 Å².